The SMILES string of the molecule is CN1NCNC1C1CCNCC1NC(=O)C1C2=NCC(F)CN2NC1N. The van der Waals surface area contributed by atoms with Crippen LogP contribution in [0, 0.1) is 11.8 Å². The van der Waals surface area contributed by atoms with Gasteiger partial charge >= 0.3 is 0 Å². The van der Waals surface area contributed by atoms with Gasteiger partial charge in [-0.2, -0.15) is 0 Å². The van der Waals surface area contributed by atoms with Crippen LogP contribution in [0.15, 0.2) is 4.99 Å². The number of rotatable bonds is 3. The lowest BCUT2D eigenvalue weighted by Crippen LogP contribution is -2.60. The highest BCUT2D eigenvalue weighted by Gasteiger charge is 2.45. The zero-order chi connectivity index (χ0) is 18.3. The Morgan fingerprint density at radius 1 is 1.46 bits per heavy atom. The summed E-state index contributed by atoms with van der Waals surface area (Å²) < 4.78 is 13.6. The van der Waals surface area contributed by atoms with Crippen LogP contribution in [0.1, 0.15) is 6.42 Å². The second kappa shape index (κ2) is 7.33. The Morgan fingerprint density at radius 3 is 3.08 bits per heavy atom. The fraction of sp³-hybridized carbons (Fsp3) is 0.867. The molecule has 3 fully saturated rings. The number of aliphatic imine (C=N–C) groups is 1. The molecule has 26 heavy (non-hydrogen) atoms. The third-order valence-electron chi connectivity index (χ3n) is 5.66. The van der Waals surface area contributed by atoms with Crippen molar-refractivity contribution in [2.24, 2.45) is 22.6 Å². The number of hydrogen-bond donors (Lipinski definition) is 6. The number of halogens is 1. The molecule has 3 saturated heterocycles. The summed E-state index contributed by atoms with van der Waals surface area (Å²) in [4.78, 5) is 17.2. The first-order chi connectivity index (χ1) is 12.5. The molecular weight excluding hydrogens is 341 g/mol. The molecule has 0 saturated carbocycles. The van der Waals surface area contributed by atoms with Gasteiger partial charge in [0.05, 0.1) is 32.1 Å². The molecule has 4 aliphatic heterocycles. The number of amides is 1. The van der Waals surface area contributed by atoms with Crippen molar-refractivity contribution in [1.82, 2.24) is 36.8 Å². The van der Waals surface area contributed by atoms with Gasteiger partial charge in [-0.15, -0.1) is 0 Å². The van der Waals surface area contributed by atoms with Crippen molar-refractivity contribution in [2.45, 2.75) is 31.0 Å². The normalized spacial score (nSPS) is 41.0. The topological polar surface area (TPSA) is 122 Å². The number of hydrogen-bond acceptors (Lipinski definition) is 9. The second-order valence-electron chi connectivity index (χ2n) is 7.41. The maximum atomic E-state index is 13.6. The first kappa shape index (κ1) is 18.0. The Bertz CT molecular complexity index is 575. The quantitative estimate of drug-likeness (QED) is 0.309. The monoisotopic (exact) mass is 369 g/mol. The molecule has 6 atom stereocenters. The predicted octanol–water partition coefficient (Wildman–Crippen LogP) is -3.12. The number of carbonyl (C=O) groups is 1. The van der Waals surface area contributed by atoms with Crippen LogP contribution < -0.4 is 32.5 Å². The molecule has 10 nitrogen and oxygen atoms in total. The Labute approximate surface area is 152 Å². The largest absolute Gasteiger partial charge is 0.351 e. The molecule has 6 unspecified atom stereocenters. The zero-order valence-corrected chi connectivity index (χ0v) is 14.9. The molecule has 4 aliphatic rings. The molecular formula is C15H28FN9O. The number of carbonyl (C=O) groups excluding carboxylic acids is 1. The van der Waals surface area contributed by atoms with Crippen LogP contribution in [0.5, 0.6) is 0 Å². The smallest absolute Gasteiger partial charge is 0.234 e. The Kier molecular flexibility index (Phi) is 5.08. The van der Waals surface area contributed by atoms with E-state index in [9.17, 15) is 9.18 Å². The van der Waals surface area contributed by atoms with Gasteiger partial charge in [-0.1, -0.05) is 0 Å². The standard InChI is InChI=1S/C15H28FN9O/c1-24-13(20-7-21-24)9-2-3-18-5-10(9)22-15(26)11-12(17)23-25-6-8(16)4-19-14(11)25/h8-13,18,20-21,23H,2-7,17H2,1H3,(H,22,26). The van der Waals surface area contributed by atoms with Gasteiger partial charge in [0.25, 0.3) is 0 Å². The van der Waals surface area contributed by atoms with Crippen molar-refractivity contribution in [1.29, 1.82) is 0 Å². The van der Waals surface area contributed by atoms with Gasteiger partial charge in [-0.3, -0.25) is 20.1 Å². The molecule has 4 rings (SSSR count). The average molecular weight is 369 g/mol. The number of nitrogens with zero attached hydrogens (tertiary/aromatic N) is 3. The maximum Gasteiger partial charge on any atom is 0.234 e. The van der Waals surface area contributed by atoms with Crippen molar-refractivity contribution >= 4 is 11.7 Å². The third kappa shape index (κ3) is 3.30. The summed E-state index contributed by atoms with van der Waals surface area (Å²) in [6.45, 7) is 2.61. The zero-order valence-electron chi connectivity index (χ0n) is 14.9. The minimum absolute atomic E-state index is 0.0181. The van der Waals surface area contributed by atoms with Gasteiger partial charge in [-0.05, 0) is 13.0 Å². The molecule has 0 aromatic heterocycles. The van der Waals surface area contributed by atoms with Crippen LogP contribution in [0.4, 0.5) is 4.39 Å². The van der Waals surface area contributed by atoms with Gasteiger partial charge in [0, 0.05) is 25.6 Å². The minimum Gasteiger partial charge on any atom is -0.351 e. The van der Waals surface area contributed by atoms with Crippen LogP contribution >= 0.6 is 0 Å². The first-order valence-electron chi connectivity index (χ1n) is 9.23. The van der Waals surface area contributed by atoms with E-state index in [1.54, 1.807) is 5.01 Å². The van der Waals surface area contributed by atoms with Crippen LogP contribution in [-0.2, 0) is 4.79 Å². The van der Waals surface area contributed by atoms with Crippen LogP contribution in [-0.4, -0.2) is 86.2 Å². The third-order valence-corrected chi connectivity index (χ3v) is 5.66. The van der Waals surface area contributed by atoms with Crippen LogP contribution in [0.25, 0.3) is 0 Å². The second-order valence-corrected chi connectivity index (χ2v) is 7.41. The van der Waals surface area contributed by atoms with E-state index in [1.807, 2.05) is 7.05 Å². The molecule has 11 heteroatoms. The fourth-order valence-corrected chi connectivity index (χ4v) is 4.34. The van der Waals surface area contributed by atoms with E-state index in [0.29, 0.717) is 12.4 Å². The van der Waals surface area contributed by atoms with Crippen LogP contribution in [0.3, 0.4) is 0 Å². The predicted molar refractivity (Wildman–Crippen MR) is 94.1 cm³/mol. The molecule has 0 aromatic carbocycles. The summed E-state index contributed by atoms with van der Waals surface area (Å²) in [7, 11) is 2.00. The Morgan fingerprint density at radius 2 is 2.31 bits per heavy atom. The molecule has 0 bridgehead atoms. The number of hydrazine groups is 2. The van der Waals surface area contributed by atoms with Crippen molar-refractivity contribution < 1.29 is 9.18 Å². The highest BCUT2D eigenvalue weighted by molar-refractivity contribution is 6.05. The van der Waals surface area contributed by atoms with Crippen molar-refractivity contribution in [3.05, 3.63) is 0 Å². The Hall–Kier alpha value is -1.37. The summed E-state index contributed by atoms with van der Waals surface area (Å²) in [5.74, 6) is 0.0562. The molecule has 1 amide bonds. The molecule has 4 heterocycles. The number of piperidine rings is 1. The molecule has 7 N–H and O–H groups in total. The van der Waals surface area contributed by atoms with E-state index < -0.39 is 18.3 Å². The summed E-state index contributed by atoms with van der Waals surface area (Å²) in [6.07, 6.45) is -0.513. The van der Waals surface area contributed by atoms with E-state index in [4.69, 9.17) is 5.73 Å². The van der Waals surface area contributed by atoms with Gasteiger partial charge in [0.1, 0.15) is 17.9 Å². The van der Waals surface area contributed by atoms with E-state index in [1.165, 1.54) is 0 Å². The molecule has 0 radical (unpaired) electrons. The van der Waals surface area contributed by atoms with Gasteiger partial charge in [0.2, 0.25) is 5.91 Å². The number of nitrogens with two attached hydrogens (primary N) is 1. The summed E-state index contributed by atoms with van der Waals surface area (Å²) in [6, 6.07) is -0.0181. The van der Waals surface area contributed by atoms with Gasteiger partial charge < -0.3 is 16.4 Å². The van der Waals surface area contributed by atoms with E-state index in [-0.39, 0.29) is 37.1 Å². The molecule has 0 aliphatic carbocycles. The number of fused-ring (bicyclic) bond motifs is 1. The lowest BCUT2D eigenvalue weighted by Gasteiger charge is -2.38. The highest BCUT2D eigenvalue weighted by Crippen LogP contribution is 2.23. The maximum absolute atomic E-state index is 13.6. The van der Waals surface area contributed by atoms with Gasteiger partial charge in [-0.25, -0.2) is 20.3 Å². The molecule has 0 spiro atoms. The lowest BCUT2D eigenvalue weighted by atomic mass is 9.89. The fourth-order valence-electron chi connectivity index (χ4n) is 4.34. The van der Waals surface area contributed by atoms with Crippen molar-refractivity contribution in [3.8, 4) is 0 Å². The van der Waals surface area contributed by atoms with E-state index >= 15 is 0 Å². The number of amidine groups is 1. The highest BCUT2D eigenvalue weighted by atomic mass is 19.1. The van der Waals surface area contributed by atoms with E-state index in [2.05, 4.69) is 36.8 Å². The Balaban J connectivity index is 1.46. The van der Waals surface area contributed by atoms with Crippen molar-refractivity contribution in [2.75, 3.05) is 39.9 Å². The molecule has 0 aromatic rings. The van der Waals surface area contributed by atoms with Crippen molar-refractivity contribution in [3.63, 3.8) is 0 Å². The summed E-state index contributed by atoms with van der Waals surface area (Å²) in [5.41, 5.74) is 12.3. The van der Waals surface area contributed by atoms with Gasteiger partial charge in [0.15, 0.2) is 0 Å². The van der Waals surface area contributed by atoms with Crippen LogP contribution in [0.2, 0.25) is 0 Å². The summed E-state index contributed by atoms with van der Waals surface area (Å²) in [5, 5.41) is 13.6. The molecule has 146 valence electrons. The lowest BCUT2D eigenvalue weighted by molar-refractivity contribution is -0.124. The minimum atomic E-state index is -1.04. The van der Waals surface area contributed by atoms with E-state index in [0.717, 1.165) is 19.6 Å². The summed E-state index contributed by atoms with van der Waals surface area (Å²) >= 11 is 0. The number of nitrogens with one attached hydrogen (secondary N) is 5. The average Bonchev–Trinajstić information content (AvgIpc) is 3.17. The first-order valence-corrected chi connectivity index (χ1v) is 9.23. The number of alkyl halides is 1.